The third kappa shape index (κ3) is 7.36. The molecule has 0 spiro atoms. The Balaban J connectivity index is 1.47. The molecular formula is C24H25N3O5S. The minimum atomic E-state index is -3.73. The van der Waals surface area contributed by atoms with Crippen LogP contribution in [0.15, 0.2) is 82.8 Å². The average molecular weight is 468 g/mol. The number of nitrogens with one attached hydrogen (secondary N) is 2. The first-order chi connectivity index (χ1) is 15.9. The predicted octanol–water partition coefficient (Wildman–Crippen LogP) is 3.72. The van der Waals surface area contributed by atoms with Gasteiger partial charge in [-0.15, -0.1) is 0 Å². The van der Waals surface area contributed by atoms with Gasteiger partial charge in [-0.2, -0.15) is 13.5 Å². The van der Waals surface area contributed by atoms with Crippen LogP contribution in [0.3, 0.4) is 0 Å². The second-order valence-electron chi connectivity index (χ2n) is 7.03. The number of benzene rings is 3. The van der Waals surface area contributed by atoms with Crippen LogP contribution in [0, 0.1) is 6.92 Å². The van der Waals surface area contributed by atoms with E-state index < -0.39 is 10.0 Å². The molecule has 172 valence electrons. The molecular weight excluding hydrogens is 442 g/mol. The zero-order chi connectivity index (χ0) is 23.7. The molecule has 0 fully saturated rings. The number of hydrogen-bond acceptors (Lipinski definition) is 6. The normalized spacial score (nSPS) is 11.2. The van der Waals surface area contributed by atoms with E-state index in [-0.39, 0.29) is 17.4 Å². The van der Waals surface area contributed by atoms with Crippen LogP contribution in [0.2, 0.25) is 0 Å². The molecule has 0 atom stereocenters. The summed E-state index contributed by atoms with van der Waals surface area (Å²) in [6, 6.07) is 20.3. The lowest BCUT2D eigenvalue weighted by Gasteiger charge is -2.09. The summed E-state index contributed by atoms with van der Waals surface area (Å²) in [7, 11) is -3.73. The van der Waals surface area contributed by atoms with Gasteiger partial charge in [0.05, 0.1) is 17.7 Å². The summed E-state index contributed by atoms with van der Waals surface area (Å²) in [5.74, 6) is 0.933. The molecule has 3 aromatic rings. The Kier molecular flexibility index (Phi) is 8.04. The summed E-state index contributed by atoms with van der Waals surface area (Å²) in [5.41, 5.74) is 2.27. The number of rotatable bonds is 10. The van der Waals surface area contributed by atoms with Crippen molar-refractivity contribution in [3.63, 3.8) is 0 Å². The van der Waals surface area contributed by atoms with Crippen molar-refractivity contribution < 1.29 is 22.7 Å². The van der Waals surface area contributed by atoms with Crippen molar-refractivity contribution in [3.05, 3.63) is 83.9 Å². The van der Waals surface area contributed by atoms with Gasteiger partial charge in [0.25, 0.3) is 15.9 Å². The van der Waals surface area contributed by atoms with Gasteiger partial charge in [-0.1, -0.05) is 17.7 Å². The number of nitrogens with zero attached hydrogens (tertiary/aromatic N) is 1. The van der Waals surface area contributed by atoms with Gasteiger partial charge in [0.1, 0.15) is 11.5 Å². The molecule has 0 unspecified atom stereocenters. The van der Waals surface area contributed by atoms with Crippen LogP contribution >= 0.6 is 0 Å². The molecule has 0 heterocycles. The van der Waals surface area contributed by atoms with Gasteiger partial charge in [0.15, 0.2) is 6.61 Å². The van der Waals surface area contributed by atoms with E-state index in [2.05, 4.69) is 15.2 Å². The number of amides is 1. The zero-order valence-electron chi connectivity index (χ0n) is 18.3. The maximum Gasteiger partial charge on any atom is 0.276 e. The maximum absolute atomic E-state index is 12.2. The summed E-state index contributed by atoms with van der Waals surface area (Å²) < 4.78 is 35.3. The lowest BCUT2D eigenvalue weighted by Crippen LogP contribution is -2.20. The Bertz CT molecular complexity index is 1190. The number of carbonyl (C=O) groups is 1. The number of ether oxygens (including phenoxy) is 2. The fourth-order valence-electron chi connectivity index (χ4n) is 2.74. The van der Waals surface area contributed by atoms with Crippen molar-refractivity contribution in [1.29, 1.82) is 0 Å². The molecule has 0 aliphatic heterocycles. The van der Waals surface area contributed by atoms with Gasteiger partial charge in [0.2, 0.25) is 0 Å². The Morgan fingerprint density at radius 2 is 1.52 bits per heavy atom. The highest BCUT2D eigenvalue weighted by molar-refractivity contribution is 7.89. The number of sulfonamides is 1. The van der Waals surface area contributed by atoms with Crippen LogP contribution in [-0.4, -0.2) is 33.8 Å². The first-order valence-electron chi connectivity index (χ1n) is 10.2. The lowest BCUT2D eigenvalue weighted by molar-refractivity contribution is -0.118. The zero-order valence-corrected chi connectivity index (χ0v) is 19.1. The van der Waals surface area contributed by atoms with Crippen molar-refractivity contribution in [3.8, 4) is 11.5 Å². The van der Waals surface area contributed by atoms with E-state index in [1.165, 1.54) is 18.3 Å². The quantitative estimate of drug-likeness (QED) is 0.349. The van der Waals surface area contributed by atoms with Crippen LogP contribution in [0.1, 0.15) is 18.1 Å². The summed E-state index contributed by atoms with van der Waals surface area (Å²) in [6.45, 7) is 4.20. The third-order valence-corrected chi connectivity index (χ3v) is 5.66. The summed E-state index contributed by atoms with van der Waals surface area (Å²) >= 11 is 0. The highest BCUT2D eigenvalue weighted by Gasteiger charge is 2.11. The average Bonchev–Trinajstić information content (AvgIpc) is 2.80. The van der Waals surface area contributed by atoms with Gasteiger partial charge in [-0.05, 0) is 80.1 Å². The minimum Gasteiger partial charge on any atom is -0.494 e. The molecule has 0 aliphatic carbocycles. The van der Waals surface area contributed by atoms with Crippen molar-refractivity contribution in [2.45, 2.75) is 18.7 Å². The van der Waals surface area contributed by atoms with E-state index in [4.69, 9.17) is 9.47 Å². The molecule has 3 aromatic carbocycles. The first kappa shape index (κ1) is 23.8. The Morgan fingerprint density at radius 3 is 2.15 bits per heavy atom. The van der Waals surface area contributed by atoms with Crippen LogP contribution in [0.5, 0.6) is 11.5 Å². The molecule has 2 N–H and O–H groups in total. The van der Waals surface area contributed by atoms with Gasteiger partial charge < -0.3 is 14.8 Å². The molecule has 1 amide bonds. The van der Waals surface area contributed by atoms with Crippen molar-refractivity contribution in [1.82, 2.24) is 4.83 Å². The Morgan fingerprint density at radius 1 is 0.909 bits per heavy atom. The maximum atomic E-state index is 12.2. The monoisotopic (exact) mass is 467 g/mol. The van der Waals surface area contributed by atoms with Gasteiger partial charge >= 0.3 is 0 Å². The first-order valence-corrected chi connectivity index (χ1v) is 11.7. The van der Waals surface area contributed by atoms with Crippen LogP contribution in [0.4, 0.5) is 5.69 Å². The van der Waals surface area contributed by atoms with E-state index in [9.17, 15) is 13.2 Å². The Hall–Kier alpha value is -3.85. The summed E-state index contributed by atoms with van der Waals surface area (Å²) in [4.78, 5) is 14.4. The van der Waals surface area contributed by atoms with E-state index in [0.717, 1.165) is 11.3 Å². The number of carbonyl (C=O) groups excluding carboxylic acids is 1. The van der Waals surface area contributed by atoms with E-state index >= 15 is 0 Å². The second-order valence-corrected chi connectivity index (χ2v) is 8.69. The molecule has 33 heavy (non-hydrogen) atoms. The highest BCUT2D eigenvalue weighted by Crippen LogP contribution is 2.16. The van der Waals surface area contributed by atoms with Crippen molar-refractivity contribution in [2.24, 2.45) is 5.10 Å². The van der Waals surface area contributed by atoms with E-state index in [1.807, 2.05) is 13.8 Å². The predicted molar refractivity (Wildman–Crippen MR) is 127 cm³/mol. The van der Waals surface area contributed by atoms with Crippen LogP contribution < -0.4 is 19.6 Å². The molecule has 0 bridgehead atoms. The summed E-state index contributed by atoms with van der Waals surface area (Å²) in [6.07, 6.45) is 1.38. The van der Waals surface area contributed by atoms with Gasteiger partial charge in [-0.3, -0.25) is 4.79 Å². The topological polar surface area (TPSA) is 106 Å². The van der Waals surface area contributed by atoms with E-state index in [0.29, 0.717) is 23.6 Å². The molecule has 8 nitrogen and oxygen atoms in total. The molecule has 0 saturated heterocycles. The van der Waals surface area contributed by atoms with Crippen LogP contribution in [0.25, 0.3) is 0 Å². The molecule has 3 rings (SSSR count). The fourth-order valence-corrected chi connectivity index (χ4v) is 3.53. The van der Waals surface area contributed by atoms with Gasteiger partial charge in [-0.25, -0.2) is 4.83 Å². The smallest absolute Gasteiger partial charge is 0.276 e. The highest BCUT2D eigenvalue weighted by atomic mass is 32.2. The SMILES string of the molecule is CCOc1ccc(NC(=O)COc2ccc(/C=N\NS(=O)(=O)c3ccc(C)cc3)cc2)cc1. The second kappa shape index (κ2) is 11.1. The van der Waals surface area contributed by atoms with Gasteiger partial charge in [0, 0.05) is 5.69 Å². The number of anilines is 1. The number of hydrogen-bond donors (Lipinski definition) is 2. The standard InChI is InChI=1S/C24H25N3O5S/c1-3-31-21-12-8-20(9-13-21)26-24(28)17-32-22-10-6-19(7-11-22)16-25-27-33(29,30)23-14-4-18(2)5-15-23/h4-16,27H,3,17H2,1-2H3,(H,26,28)/b25-16-. The number of hydrazone groups is 1. The largest absolute Gasteiger partial charge is 0.494 e. The molecule has 0 radical (unpaired) electrons. The summed E-state index contributed by atoms with van der Waals surface area (Å²) in [5, 5.41) is 6.55. The van der Waals surface area contributed by atoms with E-state index in [1.54, 1.807) is 60.7 Å². The molecule has 0 aromatic heterocycles. The molecule has 9 heteroatoms. The third-order valence-electron chi connectivity index (χ3n) is 4.42. The van der Waals surface area contributed by atoms with Crippen molar-refractivity contribution in [2.75, 3.05) is 18.5 Å². The van der Waals surface area contributed by atoms with Crippen LogP contribution in [-0.2, 0) is 14.8 Å². The Labute approximate surface area is 193 Å². The minimum absolute atomic E-state index is 0.137. The molecule has 0 saturated carbocycles. The van der Waals surface area contributed by atoms with Crippen molar-refractivity contribution >= 4 is 27.8 Å². The molecule has 0 aliphatic rings. The lowest BCUT2D eigenvalue weighted by atomic mass is 10.2. The fraction of sp³-hybridized carbons (Fsp3) is 0.167. The number of aryl methyl sites for hydroxylation is 1.